The SMILES string of the molecule is C=C(CC)n1ccn(Cc2ccc(C)nn2)c(=O)c1=O. The second-order valence-electron chi connectivity index (χ2n) is 4.49. The lowest BCUT2D eigenvalue weighted by molar-refractivity contribution is 0.691. The zero-order valence-corrected chi connectivity index (χ0v) is 11.5. The van der Waals surface area contributed by atoms with Gasteiger partial charge in [0.15, 0.2) is 0 Å². The van der Waals surface area contributed by atoms with Crippen molar-refractivity contribution in [3.8, 4) is 0 Å². The van der Waals surface area contributed by atoms with Crippen molar-refractivity contribution < 1.29 is 0 Å². The van der Waals surface area contributed by atoms with Crippen molar-refractivity contribution in [2.45, 2.75) is 26.8 Å². The van der Waals surface area contributed by atoms with E-state index in [4.69, 9.17) is 0 Å². The minimum Gasteiger partial charge on any atom is -0.303 e. The Bertz CT molecular complexity index is 741. The van der Waals surface area contributed by atoms with Gasteiger partial charge in [0.1, 0.15) is 0 Å². The van der Waals surface area contributed by atoms with Crippen molar-refractivity contribution >= 4 is 5.70 Å². The number of hydrogen-bond donors (Lipinski definition) is 0. The van der Waals surface area contributed by atoms with Gasteiger partial charge in [-0.05, 0) is 25.5 Å². The average molecular weight is 272 g/mol. The highest BCUT2D eigenvalue weighted by atomic mass is 16.2. The lowest BCUT2D eigenvalue weighted by atomic mass is 10.3. The third-order valence-electron chi connectivity index (χ3n) is 2.99. The predicted octanol–water partition coefficient (Wildman–Crippen LogP) is 1.04. The normalized spacial score (nSPS) is 10.5. The van der Waals surface area contributed by atoms with Crippen LogP contribution in [0.4, 0.5) is 0 Å². The molecule has 0 unspecified atom stereocenters. The zero-order chi connectivity index (χ0) is 14.7. The molecule has 104 valence electrons. The number of aromatic nitrogens is 4. The molecule has 0 saturated heterocycles. The summed E-state index contributed by atoms with van der Waals surface area (Å²) in [5, 5.41) is 7.91. The minimum absolute atomic E-state index is 0.223. The van der Waals surface area contributed by atoms with Crippen LogP contribution in [-0.4, -0.2) is 19.3 Å². The Hall–Kier alpha value is -2.50. The van der Waals surface area contributed by atoms with Gasteiger partial charge in [0, 0.05) is 18.1 Å². The molecular formula is C14H16N4O2. The second-order valence-corrected chi connectivity index (χ2v) is 4.49. The molecule has 2 heterocycles. The third-order valence-corrected chi connectivity index (χ3v) is 2.99. The van der Waals surface area contributed by atoms with E-state index in [1.807, 2.05) is 19.9 Å². The van der Waals surface area contributed by atoms with E-state index in [1.165, 1.54) is 9.13 Å². The fourth-order valence-electron chi connectivity index (χ4n) is 1.74. The molecule has 6 heteroatoms. The fourth-order valence-corrected chi connectivity index (χ4v) is 1.74. The Labute approximate surface area is 116 Å². The summed E-state index contributed by atoms with van der Waals surface area (Å²) in [6.07, 6.45) is 3.72. The monoisotopic (exact) mass is 272 g/mol. The van der Waals surface area contributed by atoms with E-state index in [1.54, 1.807) is 18.5 Å². The van der Waals surface area contributed by atoms with Crippen molar-refractivity contribution in [3.05, 3.63) is 63.2 Å². The number of aryl methyl sites for hydroxylation is 1. The van der Waals surface area contributed by atoms with E-state index in [0.717, 1.165) is 5.69 Å². The molecule has 0 saturated carbocycles. The minimum atomic E-state index is -0.598. The Morgan fingerprint density at radius 1 is 1.20 bits per heavy atom. The van der Waals surface area contributed by atoms with Gasteiger partial charge < -0.3 is 4.57 Å². The molecule has 6 nitrogen and oxygen atoms in total. The van der Waals surface area contributed by atoms with Crippen LogP contribution in [0, 0.1) is 6.92 Å². The lowest BCUT2D eigenvalue weighted by Crippen LogP contribution is -2.40. The van der Waals surface area contributed by atoms with Crippen LogP contribution < -0.4 is 11.1 Å². The summed E-state index contributed by atoms with van der Waals surface area (Å²) in [6.45, 7) is 7.70. The zero-order valence-electron chi connectivity index (χ0n) is 11.5. The van der Waals surface area contributed by atoms with Crippen LogP contribution >= 0.6 is 0 Å². The Balaban J connectivity index is 2.37. The quantitative estimate of drug-likeness (QED) is 0.780. The highest BCUT2D eigenvalue weighted by molar-refractivity contribution is 5.39. The standard InChI is InChI=1S/C14H16N4O2/c1-4-11(3)18-8-7-17(13(19)14(18)20)9-12-6-5-10(2)15-16-12/h5-8H,3-4,9H2,1-2H3. The predicted molar refractivity (Wildman–Crippen MR) is 76.5 cm³/mol. The van der Waals surface area contributed by atoms with E-state index in [-0.39, 0.29) is 6.54 Å². The van der Waals surface area contributed by atoms with Crippen molar-refractivity contribution in [3.63, 3.8) is 0 Å². The van der Waals surface area contributed by atoms with Crippen LogP contribution in [-0.2, 0) is 6.54 Å². The van der Waals surface area contributed by atoms with E-state index < -0.39 is 11.1 Å². The van der Waals surface area contributed by atoms with Crippen molar-refractivity contribution in [2.24, 2.45) is 0 Å². The molecule has 0 amide bonds. The van der Waals surface area contributed by atoms with Crippen LogP contribution in [0.25, 0.3) is 5.70 Å². The van der Waals surface area contributed by atoms with Gasteiger partial charge in [-0.25, -0.2) is 0 Å². The maximum atomic E-state index is 12.0. The summed E-state index contributed by atoms with van der Waals surface area (Å²) in [7, 11) is 0. The van der Waals surface area contributed by atoms with Gasteiger partial charge in [0.25, 0.3) is 0 Å². The largest absolute Gasteiger partial charge is 0.320 e. The van der Waals surface area contributed by atoms with Crippen molar-refractivity contribution in [2.75, 3.05) is 0 Å². The van der Waals surface area contributed by atoms with Crippen LogP contribution in [0.1, 0.15) is 24.7 Å². The first-order valence-electron chi connectivity index (χ1n) is 6.32. The van der Waals surface area contributed by atoms with Gasteiger partial charge in [-0.1, -0.05) is 13.5 Å². The van der Waals surface area contributed by atoms with Crippen LogP contribution in [0.15, 0.2) is 40.7 Å². The van der Waals surface area contributed by atoms with Gasteiger partial charge in [-0.2, -0.15) is 10.2 Å². The number of rotatable bonds is 4. The Morgan fingerprint density at radius 2 is 1.95 bits per heavy atom. The van der Waals surface area contributed by atoms with Crippen LogP contribution in [0.3, 0.4) is 0 Å². The third kappa shape index (κ3) is 2.74. The van der Waals surface area contributed by atoms with E-state index in [2.05, 4.69) is 16.8 Å². The topological polar surface area (TPSA) is 69.8 Å². The van der Waals surface area contributed by atoms with Crippen molar-refractivity contribution in [1.82, 2.24) is 19.3 Å². The van der Waals surface area contributed by atoms with Gasteiger partial charge in [-0.15, -0.1) is 0 Å². The van der Waals surface area contributed by atoms with Crippen molar-refractivity contribution in [1.29, 1.82) is 0 Å². The summed E-state index contributed by atoms with van der Waals surface area (Å²) in [5.74, 6) is 0. The van der Waals surface area contributed by atoms with E-state index in [0.29, 0.717) is 17.8 Å². The van der Waals surface area contributed by atoms with Gasteiger partial charge in [0.05, 0.1) is 17.9 Å². The molecule has 0 bridgehead atoms. The summed E-state index contributed by atoms with van der Waals surface area (Å²) in [6, 6.07) is 3.60. The molecule has 0 spiro atoms. The number of nitrogens with zero attached hydrogens (tertiary/aromatic N) is 4. The highest BCUT2D eigenvalue weighted by Crippen LogP contribution is 2.01. The second kappa shape index (κ2) is 5.64. The molecule has 0 aliphatic heterocycles. The van der Waals surface area contributed by atoms with Crippen LogP contribution in [0.5, 0.6) is 0 Å². The molecule has 2 aromatic heterocycles. The fraction of sp³-hybridized carbons (Fsp3) is 0.286. The van der Waals surface area contributed by atoms with E-state index >= 15 is 0 Å². The first kappa shape index (κ1) is 13.9. The molecule has 0 radical (unpaired) electrons. The highest BCUT2D eigenvalue weighted by Gasteiger charge is 2.07. The molecule has 0 N–H and O–H groups in total. The maximum absolute atomic E-state index is 12.0. The summed E-state index contributed by atoms with van der Waals surface area (Å²) < 4.78 is 2.60. The van der Waals surface area contributed by atoms with Gasteiger partial charge >= 0.3 is 11.1 Å². The lowest BCUT2D eigenvalue weighted by Gasteiger charge is -2.09. The van der Waals surface area contributed by atoms with E-state index in [9.17, 15) is 9.59 Å². The molecule has 0 aliphatic carbocycles. The molecule has 2 aromatic rings. The van der Waals surface area contributed by atoms with Crippen LogP contribution in [0.2, 0.25) is 0 Å². The average Bonchev–Trinajstić information content (AvgIpc) is 2.45. The molecule has 0 fully saturated rings. The maximum Gasteiger partial charge on any atom is 0.320 e. The molecule has 2 rings (SSSR count). The summed E-state index contributed by atoms with van der Waals surface area (Å²) >= 11 is 0. The van der Waals surface area contributed by atoms with Gasteiger partial charge in [-0.3, -0.25) is 14.2 Å². The van der Waals surface area contributed by atoms with Gasteiger partial charge in [0.2, 0.25) is 0 Å². The molecular weight excluding hydrogens is 256 g/mol. The molecule has 0 aliphatic rings. The summed E-state index contributed by atoms with van der Waals surface area (Å²) in [4.78, 5) is 24.0. The number of hydrogen-bond acceptors (Lipinski definition) is 4. The molecule has 20 heavy (non-hydrogen) atoms. The Morgan fingerprint density at radius 3 is 2.55 bits per heavy atom. The first-order valence-corrected chi connectivity index (χ1v) is 6.32. The molecule has 0 atom stereocenters. The Kier molecular flexibility index (Phi) is 3.93. The first-order chi connectivity index (χ1) is 9.52. The smallest absolute Gasteiger partial charge is 0.303 e. The summed E-state index contributed by atoms with van der Waals surface area (Å²) in [5.41, 5.74) is 0.832. The molecule has 0 aromatic carbocycles. The number of allylic oxidation sites excluding steroid dienone is 1.